The standard InChI is InChI=1S/C13H14FN3O2/c1-18-11-4-3-8(14)5-9(11)13(15)10-6-12(19-2)17-7-16-10/h3-7,13H,15H2,1-2H3. The lowest BCUT2D eigenvalue weighted by Crippen LogP contribution is -2.15. The average molecular weight is 263 g/mol. The lowest BCUT2D eigenvalue weighted by atomic mass is 10.0. The van der Waals surface area contributed by atoms with E-state index in [0.29, 0.717) is 22.9 Å². The van der Waals surface area contributed by atoms with E-state index in [1.807, 2.05) is 0 Å². The van der Waals surface area contributed by atoms with E-state index in [1.54, 1.807) is 6.07 Å². The molecule has 0 saturated carbocycles. The molecule has 19 heavy (non-hydrogen) atoms. The van der Waals surface area contributed by atoms with Crippen LogP contribution in [0.15, 0.2) is 30.6 Å². The molecule has 0 radical (unpaired) electrons. The Morgan fingerprint density at radius 2 is 1.95 bits per heavy atom. The lowest BCUT2D eigenvalue weighted by molar-refractivity contribution is 0.394. The number of hydrogen-bond acceptors (Lipinski definition) is 5. The normalized spacial score (nSPS) is 12.0. The van der Waals surface area contributed by atoms with Crippen LogP contribution >= 0.6 is 0 Å². The topological polar surface area (TPSA) is 70.3 Å². The lowest BCUT2D eigenvalue weighted by Gasteiger charge is -2.15. The smallest absolute Gasteiger partial charge is 0.216 e. The molecule has 6 heteroatoms. The zero-order valence-corrected chi connectivity index (χ0v) is 10.6. The van der Waals surface area contributed by atoms with E-state index in [2.05, 4.69) is 9.97 Å². The van der Waals surface area contributed by atoms with Crippen molar-refractivity contribution in [2.45, 2.75) is 6.04 Å². The maximum atomic E-state index is 13.3. The van der Waals surface area contributed by atoms with Crippen molar-refractivity contribution in [3.63, 3.8) is 0 Å². The SMILES string of the molecule is COc1cc(C(N)c2cc(F)ccc2OC)ncn1. The van der Waals surface area contributed by atoms with E-state index < -0.39 is 6.04 Å². The Labute approximate surface area is 110 Å². The molecule has 0 aliphatic heterocycles. The number of nitrogens with zero attached hydrogens (tertiary/aromatic N) is 2. The third-order valence-corrected chi connectivity index (χ3v) is 2.72. The van der Waals surface area contributed by atoms with Crippen LogP contribution in [0.25, 0.3) is 0 Å². The fraction of sp³-hybridized carbons (Fsp3) is 0.231. The van der Waals surface area contributed by atoms with Gasteiger partial charge < -0.3 is 15.2 Å². The van der Waals surface area contributed by atoms with E-state index >= 15 is 0 Å². The van der Waals surface area contributed by atoms with Crippen molar-refractivity contribution in [3.8, 4) is 11.6 Å². The number of aromatic nitrogens is 2. The maximum Gasteiger partial charge on any atom is 0.216 e. The molecule has 1 unspecified atom stereocenters. The van der Waals surface area contributed by atoms with Crippen LogP contribution < -0.4 is 15.2 Å². The van der Waals surface area contributed by atoms with E-state index in [9.17, 15) is 4.39 Å². The summed E-state index contributed by atoms with van der Waals surface area (Å²) in [6.45, 7) is 0. The minimum absolute atomic E-state index is 0.382. The highest BCUT2D eigenvalue weighted by molar-refractivity contribution is 5.40. The summed E-state index contributed by atoms with van der Waals surface area (Å²) in [7, 11) is 3.00. The van der Waals surface area contributed by atoms with Crippen LogP contribution in [0.3, 0.4) is 0 Å². The van der Waals surface area contributed by atoms with Gasteiger partial charge in [0.05, 0.1) is 26.0 Å². The Morgan fingerprint density at radius 1 is 1.16 bits per heavy atom. The van der Waals surface area contributed by atoms with Gasteiger partial charge in [-0.15, -0.1) is 0 Å². The second kappa shape index (κ2) is 5.62. The predicted molar refractivity (Wildman–Crippen MR) is 67.6 cm³/mol. The van der Waals surface area contributed by atoms with Gasteiger partial charge in [-0.05, 0) is 18.2 Å². The van der Waals surface area contributed by atoms with Crippen molar-refractivity contribution < 1.29 is 13.9 Å². The minimum atomic E-state index is -0.623. The molecule has 1 atom stereocenters. The Morgan fingerprint density at radius 3 is 2.63 bits per heavy atom. The zero-order valence-electron chi connectivity index (χ0n) is 10.6. The Kier molecular flexibility index (Phi) is 3.91. The first-order valence-electron chi connectivity index (χ1n) is 5.60. The van der Waals surface area contributed by atoms with Gasteiger partial charge >= 0.3 is 0 Å². The summed E-state index contributed by atoms with van der Waals surface area (Å²) in [6, 6.07) is 5.16. The van der Waals surface area contributed by atoms with Crippen molar-refractivity contribution in [1.29, 1.82) is 0 Å². The average Bonchev–Trinajstić information content (AvgIpc) is 2.46. The molecular weight excluding hydrogens is 249 g/mol. The molecule has 0 fully saturated rings. The Hall–Kier alpha value is -2.21. The molecule has 5 nitrogen and oxygen atoms in total. The molecule has 100 valence electrons. The summed E-state index contributed by atoms with van der Waals surface area (Å²) < 4.78 is 23.5. The van der Waals surface area contributed by atoms with Crippen molar-refractivity contribution in [2.24, 2.45) is 5.73 Å². The molecule has 2 N–H and O–H groups in total. The van der Waals surface area contributed by atoms with Crippen molar-refractivity contribution >= 4 is 0 Å². The fourth-order valence-electron chi connectivity index (χ4n) is 1.74. The van der Waals surface area contributed by atoms with E-state index in [0.717, 1.165) is 0 Å². The number of halogens is 1. The van der Waals surface area contributed by atoms with Crippen LogP contribution in [-0.4, -0.2) is 24.2 Å². The van der Waals surface area contributed by atoms with Crippen molar-refractivity contribution in [2.75, 3.05) is 14.2 Å². The fourth-order valence-corrected chi connectivity index (χ4v) is 1.74. The van der Waals surface area contributed by atoms with Gasteiger partial charge in [0, 0.05) is 11.6 Å². The summed E-state index contributed by atoms with van der Waals surface area (Å²) >= 11 is 0. The highest BCUT2D eigenvalue weighted by Crippen LogP contribution is 2.28. The summed E-state index contributed by atoms with van der Waals surface area (Å²) in [6.07, 6.45) is 1.35. The molecule has 0 amide bonds. The quantitative estimate of drug-likeness (QED) is 0.908. The summed E-state index contributed by atoms with van der Waals surface area (Å²) in [5, 5.41) is 0. The third-order valence-electron chi connectivity index (χ3n) is 2.72. The van der Waals surface area contributed by atoms with Gasteiger partial charge in [-0.1, -0.05) is 0 Å². The van der Waals surface area contributed by atoms with Crippen LogP contribution in [0, 0.1) is 5.82 Å². The molecule has 0 aliphatic carbocycles. The summed E-state index contributed by atoms with van der Waals surface area (Å²) in [5.41, 5.74) is 7.13. The second-order valence-corrected chi connectivity index (χ2v) is 3.85. The van der Waals surface area contributed by atoms with Gasteiger partial charge in [-0.2, -0.15) is 0 Å². The van der Waals surface area contributed by atoms with E-state index in [-0.39, 0.29) is 5.82 Å². The van der Waals surface area contributed by atoms with E-state index in [1.165, 1.54) is 38.7 Å². The van der Waals surface area contributed by atoms with Crippen LogP contribution in [0.5, 0.6) is 11.6 Å². The van der Waals surface area contributed by atoms with Crippen LogP contribution in [0.1, 0.15) is 17.3 Å². The number of benzene rings is 1. The van der Waals surface area contributed by atoms with Gasteiger partial charge in [0.1, 0.15) is 17.9 Å². The summed E-state index contributed by atoms with van der Waals surface area (Å²) in [5.74, 6) is 0.523. The van der Waals surface area contributed by atoms with Gasteiger partial charge in [0.15, 0.2) is 0 Å². The zero-order chi connectivity index (χ0) is 13.8. The van der Waals surface area contributed by atoms with Crippen LogP contribution in [0.4, 0.5) is 4.39 Å². The first kappa shape index (κ1) is 13.2. The number of nitrogens with two attached hydrogens (primary N) is 1. The van der Waals surface area contributed by atoms with Crippen molar-refractivity contribution in [3.05, 3.63) is 47.7 Å². The molecular formula is C13H14FN3O2. The first-order valence-corrected chi connectivity index (χ1v) is 5.60. The Bertz CT molecular complexity index is 578. The third kappa shape index (κ3) is 2.79. The number of methoxy groups -OCH3 is 2. The molecule has 2 rings (SSSR count). The molecule has 0 saturated heterocycles. The van der Waals surface area contributed by atoms with Gasteiger partial charge in [0.25, 0.3) is 0 Å². The largest absolute Gasteiger partial charge is 0.496 e. The monoisotopic (exact) mass is 263 g/mol. The van der Waals surface area contributed by atoms with Gasteiger partial charge in [-0.3, -0.25) is 0 Å². The minimum Gasteiger partial charge on any atom is -0.496 e. The predicted octanol–water partition coefficient (Wildman–Crippen LogP) is 1.68. The maximum absolute atomic E-state index is 13.3. The molecule has 0 spiro atoms. The summed E-state index contributed by atoms with van der Waals surface area (Å²) in [4.78, 5) is 7.97. The number of ether oxygens (including phenoxy) is 2. The van der Waals surface area contributed by atoms with Gasteiger partial charge in [0.2, 0.25) is 5.88 Å². The first-order chi connectivity index (χ1) is 9.15. The molecule has 1 heterocycles. The van der Waals surface area contributed by atoms with Crippen LogP contribution in [-0.2, 0) is 0 Å². The van der Waals surface area contributed by atoms with Gasteiger partial charge in [-0.25, -0.2) is 14.4 Å². The molecule has 2 aromatic rings. The molecule has 0 bridgehead atoms. The second-order valence-electron chi connectivity index (χ2n) is 3.85. The highest BCUT2D eigenvalue weighted by atomic mass is 19.1. The van der Waals surface area contributed by atoms with Crippen molar-refractivity contribution in [1.82, 2.24) is 9.97 Å². The molecule has 1 aromatic heterocycles. The molecule has 0 aliphatic rings. The van der Waals surface area contributed by atoms with E-state index in [4.69, 9.17) is 15.2 Å². The number of hydrogen-bond donors (Lipinski definition) is 1. The van der Waals surface area contributed by atoms with Crippen LogP contribution in [0.2, 0.25) is 0 Å². The number of rotatable bonds is 4. The Balaban J connectivity index is 2.42. The highest BCUT2D eigenvalue weighted by Gasteiger charge is 2.17. The molecule has 1 aromatic carbocycles.